The van der Waals surface area contributed by atoms with Gasteiger partial charge >= 0.3 is 0 Å². The zero-order valence-electron chi connectivity index (χ0n) is 23.4. The molecule has 5 rings (SSSR count). The maximum absolute atomic E-state index is 14.5. The van der Waals surface area contributed by atoms with Gasteiger partial charge in [-0.3, -0.25) is 14.5 Å². The van der Waals surface area contributed by atoms with Gasteiger partial charge in [-0.05, 0) is 73.7 Å². The van der Waals surface area contributed by atoms with Crippen molar-refractivity contribution in [3.63, 3.8) is 0 Å². The molecule has 1 aliphatic rings. The van der Waals surface area contributed by atoms with Crippen molar-refractivity contribution >= 4 is 28.5 Å². The molecule has 3 aromatic carbocycles. The summed E-state index contributed by atoms with van der Waals surface area (Å²) in [6, 6.07) is 21.3. The van der Waals surface area contributed by atoms with Crippen molar-refractivity contribution in [1.82, 2.24) is 20.3 Å². The monoisotopic (exact) mass is 539 g/mol. The third-order valence-corrected chi connectivity index (χ3v) is 7.85. The van der Waals surface area contributed by atoms with Crippen molar-refractivity contribution in [3.05, 3.63) is 83.9 Å². The molecule has 0 bridgehead atoms. The number of aromatic nitrogens is 3. The van der Waals surface area contributed by atoms with Crippen molar-refractivity contribution < 1.29 is 14.3 Å². The standard InChI is InChI=1S/C32H37N5O3/c1-4-23-14-18-26(19-15-23)36(32(39)22(2)37-29-13-9-8-12-28(29)34-35-37)30(24-16-20-27(40-3)21-17-24)31(38)33-25-10-6-5-7-11-25/h8-9,12-22,25,30H,4-7,10-11H2,1-3H3,(H,33,38)/t22-,30-/m0/s1. The molecule has 208 valence electrons. The Kier molecular flexibility index (Phi) is 8.43. The fourth-order valence-corrected chi connectivity index (χ4v) is 5.51. The molecule has 8 heteroatoms. The van der Waals surface area contributed by atoms with Crippen molar-refractivity contribution in [1.29, 1.82) is 0 Å². The number of carbonyl (C=O) groups excluding carboxylic acids is 2. The number of hydrogen-bond acceptors (Lipinski definition) is 5. The van der Waals surface area contributed by atoms with Crippen LogP contribution in [0.4, 0.5) is 5.69 Å². The molecular formula is C32H37N5O3. The van der Waals surface area contributed by atoms with Gasteiger partial charge in [-0.25, -0.2) is 4.68 Å². The van der Waals surface area contributed by atoms with E-state index in [1.807, 2.05) is 72.8 Å². The van der Waals surface area contributed by atoms with Crippen molar-refractivity contribution in [3.8, 4) is 5.75 Å². The number of hydrogen-bond donors (Lipinski definition) is 1. The summed E-state index contributed by atoms with van der Waals surface area (Å²) < 4.78 is 7.01. The molecule has 0 spiro atoms. The first-order valence-electron chi connectivity index (χ1n) is 14.2. The van der Waals surface area contributed by atoms with Crippen molar-refractivity contribution in [2.45, 2.75) is 70.5 Å². The number of para-hydroxylation sites is 1. The second-order valence-corrected chi connectivity index (χ2v) is 10.4. The zero-order valence-corrected chi connectivity index (χ0v) is 23.4. The summed E-state index contributed by atoms with van der Waals surface area (Å²) in [7, 11) is 1.61. The molecule has 0 saturated heterocycles. The molecule has 2 amide bonds. The molecule has 0 unspecified atom stereocenters. The molecule has 4 aromatic rings. The highest BCUT2D eigenvalue weighted by Crippen LogP contribution is 2.33. The van der Waals surface area contributed by atoms with E-state index >= 15 is 0 Å². The lowest BCUT2D eigenvalue weighted by molar-refractivity contribution is -0.128. The second kappa shape index (κ2) is 12.3. The van der Waals surface area contributed by atoms with E-state index in [9.17, 15) is 9.59 Å². The SMILES string of the molecule is CCc1ccc(N(C(=O)[C@H](C)n2nnc3ccccc32)[C@H](C(=O)NC2CCCCC2)c2ccc(OC)cc2)cc1. The molecule has 0 aliphatic heterocycles. The fourth-order valence-electron chi connectivity index (χ4n) is 5.51. The average Bonchev–Trinajstić information content (AvgIpc) is 3.44. The van der Waals surface area contributed by atoms with E-state index in [4.69, 9.17) is 4.74 Å². The molecule has 0 radical (unpaired) electrons. The lowest BCUT2D eigenvalue weighted by Gasteiger charge is -2.35. The number of anilines is 1. The van der Waals surface area contributed by atoms with Crippen LogP contribution in [0.1, 0.15) is 69.2 Å². The van der Waals surface area contributed by atoms with E-state index in [-0.39, 0.29) is 17.9 Å². The molecule has 1 heterocycles. The molecular weight excluding hydrogens is 502 g/mol. The Morgan fingerprint density at radius 3 is 2.38 bits per heavy atom. The van der Waals surface area contributed by atoms with Gasteiger partial charge in [0.1, 0.15) is 23.3 Å². The predicted molar refractivity (Wildman–Crippen MR) is 156 cm³/mol. The van der Waals surface area contributed by atoms with Gasteiger partial charge in [0, 0.05) is 11.7 Å². The second-order valence-electron chi connectivity index (χ2n) is 10.4. The Morgan fingerprint density at radius 2 is 1.70 bits per heavy atom. The van der Waals surface area contributed by atoms with Gasteiger partial charge in [-0.15, -0.1) is 5.10 Å². The number of amides is 2. The number of nitrogens with zero attached hydrogens (tertiary/aromatic N) is 4. The number of aryl methyl sites for hydroxylation is 1. The molecule has 1 aromatic heterocycles. The summed E-state index contributed by atoms with van der Waals surface area (Å²) in [5.41, 5.74) is 3.98. The van der Waals surface area contributed by atoms with E-state index in [2.05, 4.69) is 22.6 Å². The molecule has 40 heavy (non-hydrogen) atoms. The van der Waals surface area contributed by atoms with Crippen LogP contribution in [0.25, 0.3) is 11.0 Å². The van der Waals surface area contributed by atoms with Crippen molar-refractivity contribution in [2.75, 3.05) is 12.0 Å². The van der Waals surface area contributed by atoms with Crippen LogP contribution < -0.4 is 15.0 Å². The summed E-state index contributed by atoms with van der Waals surface area (Å²) in [6.07, 6.45) is 6.14. The van der Waals surface area contributed by atoms with Gasteiger partial charge in [-0.2, -0.15) is 0 Å². The smallest absolute Gasteiger partial charge is 0.252 e. The van der Waals surface area contributed by atoms with Gasteiger partial charge in [0.15, 0.2) is 0 Å². The lowest BCUT2D eigenvalue weighted by atomic mass is 9.94. The Morgan fingerprint density at radius 1 is 1.00 bits per heavy atom. The van der Waals surface area contributed by atoms with Gasteiger partial charge in [0.2, 0.25) is 5.91 Å². The molecule has 1 saturated carbocycles. The maximum atomic E-state index is 14.5. The number of nitrogens with one attached hydrogen (secondary N) is 1. The number of benzene rings is 3. The maximum Gasteiger partial charge on any atom is 0.252 e. The topological polar surface area (TPSA) is 89.4 Å². The van der Waals surface area contributed by atoms with Crippen LogP contribution in [0.2, 0.25) is 0 Å². The summed E-state index contributed by atoms with van der Waals surface area (Å²) in [4.78, 5) is 30.3. The van der Waals surface area contributed by atoms with E-state index in [1.165, 1.54) is 6.42 Å². The Hall–Kier alpha value is -4.20. The van der Waals surface area contributed by atoms with Crippen LogP contribution in [0.15, 0.2) is 72.8 Å². The van der Waals surface area contributed by atoms with Crippen LogP contribution in [0, 0.1) is 0 Å². The highest BCUT2D eigenvalue weighted by molar-refractivity contribution is 6.03. The highest BCUT2D eigenvalue weighted by Gasteiger charge is 2.37. The van der Waals surface area contributed by atoms with E-state index < -0.39 is 12.1 Å². The Labute approximate surface area is 235 Å². The van der Waals surface area contributed by atoms with E-state index in [0.717, 1.165) is 43.2 Å². The predicted octanol–water partition coefficient (Wildman–Crippen LogP) is 5.79. The number of rotatable bonds is 9. The largest absolute Gasteiger partial charge is 0.497 e. The quantitative estimate of drug-likeness (QED) is 0.291. The number of fused-ring (bicyclic) bond motifs is 1. The van der Waals surface area contributed by atoms with Crippen LogP contribution in [0.3, 0.4) is 0 Å². The first kappa shape index (κ1) is 27.4. The van der Waals surface area contributed by atoms with Gasteiger partial charge in [-0.1, -0.05) is 67.8 Å². The van der Waals surface area contributed by atoms with Gasteiger partial charge < -0.3 is 10.1 Å². The summed E-state index contributed by atoms with van der Waals surface area (Å²) >= 11 is 0. The minimum Gasteiger partial charge on any atom is -0.497 e. The molecule has 2 atom stereocenters. The van der Waals surface area contributed by atoms with Crippen LogP contribution >= 0.6 is 0 Å². The summed E-state index contributed by atoms with van der Waals surface area (Å²) in [5, 5.41) is 11.9. The molecule has 1 aliphatic carbocycles. The molecule has 1 N–H and O–H groups in total. The lowest BCUT2D eigenvalue weighted by Crippen LogP contribution is -2.48. The minimum atomic E-state index is -0.884. The third kappa shape index (κ3) is 5.71. The number of carbonyl (C=O) groups is 2. The van der Waals surface area contributed by atoms with E-state index in [1.54, 1.807) is 23.6 Å². The number of ether oxygens (including phenoxy) is 1. The molecule has 8 nitrogen and oxygen atoms in total. The van der Waals surface area contributed by atoms with Crippen molar-refractivity contribution in [2.24, 2.45) is 0 Å². The normalized spacial score (nSPS) is 15.4. The van der Waals surface area contributed by atoms with Crippen LogP contribution in [-0.2, 0) is 16.0 Å². The van der Waals surface area contributed by atoms with Crippen LogP contribution in [-0.4, -0.2) is 40.0 Å². The van der Waals surface area contributed by atoms with Crippen LogP contribution in [0.5, 0.6) is 5.75 Å². The fraction of sp³-hybridized carbons (Fsp3) is 0.375. The number of methoxy groups -OCH3 is 1. The Balaban J connectivity index is 1.59. The highest BCUT2D eigenvalue weighted by atomic mass is 16.5. The first-order chi connectivity index (χ1) is 19.5. The minimum absolute atomic E-state index is 0.0955. The summed E-state index contributed by atoms with van der Waals surface area (Å²) in [5.74, 6) is 0.239. The first-order valence-corrected chi connectivity index (χ1v) is 14.2. The van der Waals surface area contributed by atoms with Gasteiger partial charge in [0.25, 0.3) is 5.91 Å². The van der Waals surface area contributed by atoms with E-state index in [0.29, 0.717) is 22.5 Å². The zero-order chi connectivity index (χ0) is 28.1. The Bertz CT molecular complexity index is 1440. The molecule has 1 fully saturated rings. The third-order valence-electron chi connectivity index (χ3n) is 7.85. The average molecular weight is 540 g/mol. The summed E-state index contributed by atoms with van der Waals surface area (Å²) in [6.45, 7) is 3.90. The van der Waals surface area contributed by atoms with Gasteiger partial charge in [0.05, 0.1) is 12.6 Å².